The molecule has 4 rings (SSSR count). The van der Waals surface area contributed by atoms with Crippen molar-refractivity contribution in [3.63, 3.8) is 0 Å². The Balaban J connectivity index is 1.63. The number of anilines is 1. The van der Waals surface area contributed by atoms with Gasteiger partial charge in [0.15, 0.2) is 5.82 Å². The van der Waals surface area contributed by atoms with E-state index in [-0.39, 0.29) is 5.82 Å². The molecule has 1 N–H and O–H groups in total. The van der Waals surface area contributed by atoms with Crippen molar-refractivity contribution in [3.8, 4) is 11.4 Å². The van der Waals surface area contributed by atoms with Gasteiger partial charge in [-0.2, -0.15) is 4.98 Å². The van der Waals surface area contributed by atoms with E-state index in [0.29, 0.717) is 17.3 Å². The molecule has 3 aromatic heterocycles. The summed E-state index contributed by atoms with van der Waals surface area (Å²) in [5.74, 6) is 0.631. The van der Waals surface area contributed by atoms with Crippen molar-refractivity contribution in [1.82, 2.24) is 39.8 Å². The molecule has 0 fully saturated rings. The lowest BCUT2D eigenvalue weighted by Crippen LogP contribution is -2.14. The summed E-state index contributed by atoms with van der Waals surface area (Å²) in [5, 5.41) is 18.4. The standard InChI is InChI=1S/C16H15N9O/c1-9-7-10(2)25-16(17-9)19-13(21-25)15(26)18-12-6-4-5-11(8-12)14-20-22-23-24(14)3/h4-8H,1-3H3,(H,18,26). The minimum atomic E-state index is -0.416. The molecule has 0 aliphatic carbocycles. The molecule has 3 heterocycles. The van der Waals surface area contributed by atoms with Crippen molar-refractivity contribution in [2.24, 2.45) is 7.05 Å². The van der Waals surface area contributed by atoms with Crippen LogP contribution in [0.25, 0.3) is 17.2 Å². The number of hydrogen-bond acceptors (Lipinski definition) is 7. The number of aryl methyl sites for hydroxylation is 3. The summed E-state index contributed by atoms with van der Waals surface area (Å²) >= 11 is 0. The quantitative estimate of drug-likeness (QED) is 0.590. The summed E-state index contributed by atoms with van der Waals surface area (Å²) in [4.78, 5) is 21.0. The molecule has 0 aliphatic heterocycles. The number of nitrogens with zero attached hydrogens (tertiary/aromatic N) is 8. The van der Waals surface area contributed by atoms with E-state index in [4.69, 9.17) is 0 Å². The van der Waals surface area contributed by atoms with Gasteiger partial charge in [-0.25, -0.2) is 14.2 Å². The maximum atomic E-state index is 12.5. The highest BCUT2D eigenvalue weighted by molar-refractivity contribution is 6.02. The van der Waals surface area contributed by atoms with Crippen LogP contribution in [0.1, 0.15) is 22.0 Å². The lowest BCUT2D eigenvalue weighted by Gasteiger charge is -2.05. The second kappa shape index (κ2) is 5.99. The van der Waals surface area contributed by atoms with Crippen molar-refractivity contribution in [1.29, 1.82) is 0 Å². The zero-order chi connectivity index (χ0) is 18.3. The lowest BCUT2D eigenvalue weighted by atomic mass is 10.2. The molecule has 1 aromatic carbocycles. The number of benzene rings is 1. The Kier molecular flexibility index (Phi) is 3.64. The number of carbonyl (C=O) groups is 1. The molecule has 130 valence electrons. The summed E-state index contributed by atoms with van der Waals surface area (Å²) < 4.78 is 3.10. The number of nitrogens with one attached hydrogen (secondary N) is 1. The number of aromatic nitrogens is 8. The first-order valence-electron chi connectivity index (χ1n) is 7.86. The van der Waals surface area contributed by atoms with Crippen LogP contribution < -0.4 is 5.32 Å². The van der Waals surface area contributed by atoms with Gasteiger partial charge in [0.25, 0.3) is 11.7 Å². The monoisotopic (exact) mass is 349 g/mol. The molecule has 4 aromatic rings. The van der Waals surface area contributed by atoms with Crippen LogP contribution in [0.3, 0.4) is 0 Å². The SMILES string of the molecule is Cc1cc(C)n2nc(C(=O)Nc3cccc(-c4nnnn4C)c3)nc2n1. The molecular weight excluding hydrogens is 334 g/mol. The predicted molar refractivity (Wildman–Crippen MR) is 92.4 cm³/mol. The third-order valence-corrected chi connectivity index (χ3v) is 3.82. The van der Waals surface area contributed by atoms with Crippen LogP contribution in [0.15, 0.2) is 30.3 Å². The first kappa shape index (κ1) is 15.8. The minimum Gasteiger partial charge on any atom is -0.319 e. The number of rotatable bonds is 3. The Labute approximate surface area is 147 Å². The van der Waals surface area contributed by atoms with Crippen molar-refractivity contribution in [3.05, 3.63) is 47.5 Å². The average Bonchev–Trinajstić information content (AvgIpc) is 3.21. The van der Waals surface area contributed by atoms with Crippen LogP contribution in [-0.4, -0.2) is 45.7 Å². The van der Waals surface area contributed by atoms with E-state index in [0.717, 1.165) is 17.0 Å². The molecule has 0 aliphatic rings. The topological polar surface area (TPSA) is 116 Å². The van der Waals surface area contributed by atoms with E-state index in [1.807, 2.05) is 32.0 Å². The van der Waals surface area contributed by atoms with Crippen molar-refractivity contribution in [2.75, 3.05) is 5.32 Å². The molecule has 10 nitrogen and oxygen atoms in total. The van der Waals surface area contributed by atoms with Gasteiger partial charge in [0, 0.05) is 29.7 Å². The first-order valence-corrected chi connectivity index (χ1v) is 7.86. The zero-order valence-corrected chi connectivity index (χ0v) is 14.4. The second-order valence-electron chi connectivity index (χ2n) is 5.85. The Morgan fingerprint density at radius 2 is 2.00 bits per heavy atom. The summed E-state index contributed by atoms with van der Waals surface area (Å²) in [6.45, 7) is 3.75. The molecule has 0 saturated heterocycles. The Morgan fingerprint density at radius 1 is 1.15 bits per heavy atom. The molecule has 0 saturated carbocycles. The maximum Gasteiger partial charge on any atom is 0.295 e. The van der Waals surface area contributed by atoms with Crippen molar-refractivity contribution < 1.29 is 4.79 Å². The molecule has 26 heavy (non-hydrogen) atoms. The van der Waals surface area contributed by atoms with Crippen LogP contribution >= 0.6 is 0 Å². The van der Waals surface area contributed by atoms with Gasteiger partial charge >= 0.3 is 0 Å². The summed E-state index contributed by atoms with van der Waals surface area (Å²) in [5.41, 5.74) is 3.05. The molecule has 0 radical (unpaired) electrons. The van der Waals surface area contributed by atoms with Crippen LogP contribution in [0, 0.1) is 13.8 Å². The highest BCUT2D eigenvalue weighted by Gasteiger charge is 2.16. The van der Waals surface area contributed by atoms with Gasteiger partial charge < -0.3 is 5.32 Å². The molecule has 0 unspecified atom stereocenters. The first-order chi connectivity index (χ1) is 12.5. The number of carbonyl (C=O) groups excluding carboxylic acids is 1. The predicted octanol–water partition coefficient (Wildman–Crippen LogP) is 1.18. The van der Waals surface area contributed by atoms with Gasteiger partial charge in [-0.05, 0) is 42.5 Å². The molecule has 10 heteroatoms. The van der Waals surface area contributed by atoms with E-state index in [2.05, 4.69) is 35.9 Å². The largest absolute Gasteiger partial charge is 0.319 e. The Morgan fingerprint density at radius 3 is 2.77 bits per heavy atom. The fraction of sp³-hybridized carbons (Fsp3) is 0.188. The van der Waals surface area contributed by atoms with Gasteiger partial charge in [0.05, 0.1) is 0 Å². The fourth-order valence-corrected chi connectivity index (χ4v) is 2.66. The highest BCUT2D eigenvalue weighted by atomic mass is 16.2. The van der Waals surface area contributed by atoms with Gasteiger partial charge in [0.1, 0.15) is 0 Å². The highest BCUT2D eigenvalue weighted by Crippen LogP contribution is 2.20. The van der Waals surface area contributed by atoms with E-state index in [1.54, 1.807) is 28.4 Å². The van der Waals surface area contributed by atoms with Crippen molar-refractivity contribution in [2.45, 2.75) is 13.8 Å². The zero-order valence-electron chi connectivity index (χ0n) is 14.4. The third-order valence-electron chi connectivity index (χ3n) is 3.82. The lowest BCUT2D eigenvalue weighted by molar-refractivity contribution is 0.101. The van der Waals surface area contributed by atoms with Gasteiger partial charge in [-0.15, -0.1) is 10.2 Å². The summed E-state index contributed by atoms with van der Waals surface area (Å²) in [6, 6.07) is 9.11. The number of amides is 1. The van der Waals surface area contributed by atoms with Crippen LogP contribution in [0.5, 0.6) is 0 Å². The average molecular weight is 349 g/mol. The molecule has 0 spiro atoms. The van der Waals surface area contributed by atoms with Crippen molar-refractivity contribution >= 4 is 17.4 Å². The number of tetrazole rings is 1. The second-order valence-corrected chi connectivity index (χ2v) is 5.85. The van der Waals surface area contributed by atoms with E-state index in [9.17, 15) is 4.79 Å². The normalized spacial score (nSPS) is 11.0. The Hall–Kier alpha value is -3.69. The molecule has 0 bridgehead atoms. The van der Waals surface area contributed by atoms with E-state index in [1.165, 1.54) is 0 Å². The number of hydrogen-bond donors (Lipinski definition) is 1. The molecule has 1 amide bonds. The summed E-state index contributed by atoms with van der Waals surface area (Å²) in [7, 11) is 1.75. The molecule has 0 atom stereocenters. The minimum absolute atomic E-state index is 0.0527. The number of fused-ring (bicyclic) bond motifs is 1. The Bertz CT molecular complexity index is 1130. The van der Waals surface area contributed by atoms with Crippen LogP contribution in [0.2, 0.25) is 0 Å². The smallest absolute Gasteiger partial charge is 0.295 e. The van der Waals surface area contributed by atoms with Crippen LogP contribution in [0.4, 0.5) is 5.69 Å². The van der Waals surface area contributed by atoms with Gasteiger partial charge in [-0.1, -0.05) is 12.1 Å². The summed E-state index contributed by atoms with van der Waals surface area (Å²) in [6.07, 6.45) is 0. The fourth-order valence-electron chi connectivity index (χ4n) is 2.66. The van der Waals surface area contributed by atoms with Gasteiger partial charge in [0.2, 0.25) is 5.82 Å². The van der Waals surface area contributed by atoms with Crippen LogP contribution in [-0.2, 0) is 7.05 Å². The molecular formula is C16H15N9O. The van der Waals surface area contributed by atoms with Gasteiger partial charge in [-0.3, -0.25) is 4.79 Å². The van der Waals surface area contributed by atoms with E-state index >= 15 is 0 Å². The maximum absolute atomic E-state index is 12.5. The third kappa shape index (κ3) is 2.77. The van der Waals surface area contributed by atoms with E-state index < -0.39 is 5.91 Å².